The Balaban J connectivity index is 1.64. The molecule has 1 aliphatic carbocycles. The van der Waals surface area contributed by atoms with Crippen LogP contribution in [0.5, 0.6) is 0 Å². The van der Waals surface area contributed by atoms with Crippen molar-refractivity contribution >= 4 is 11.6 Å². The number of hydrogen-bond acceptors (Lipinski definition) is 3. The third kappa shape index (κ3) is 3.45. The number of rotatable bonds is 5. The zero-order chi connectivity index (χ0) is 15.5. The van der Waals surface area contributed by atoms with E-state index in [0.717, 1.165) is 11.3 Å². The molecular formula is C18H21N3O. The maximum Gasteiger partial charge on any atom is 0.251 e. The second-order valence-electron chi connectivity index (χ2n) is 6.03. The summed E-state index contributed by atoms with van der Waals surface area (Å²) in [5.74, 6) is 0.625. The summed E-state index contributed by atoms with van der Waals surface area (Å²) in [6, 6.07) is 9.77. The predicted octanol–water partition coefficient (Wildman–Crippen LogP) is 2.96. The zero-order valence-corrected chi connectivity index (χ0v) is 13.0. The molecular weight excluding hydrogens is 274 g/mol. The Morgan fingerprint density at radius 2 is 2.09 bits per heavy atom. The molecule has 3 rings (SSSR count). The Labute approximate surface area is 131 Å². The van der Waals surface area contributed by atoms with Crippen molar-refractivity contribution in [3.63, 3.8) is 0 Å². The van der Waals surface area contributed by atoms with Gasteiger partial charge in [-0.15, -0.1) is 0 Å². The number of amides is 1. The minimum absolute atomic E-state index is 0.0551. The summed E-state index contributed by atoms with van der Waals surface area (Å²) in [6.45, 7) is 0.512. The number of anilines is 1. The zero-order valence-electron chi connectivity index (χ0n) is 13.0. The van der Waals surface area contributed by atoms with Gasteiger partial charge in [0.25, 0.3) is 5.91 Å². The standard InChI is InChI=1S/C18H21N3O/c1-21(2)17-5-3-4-15(9-17)18(22)20-11-13-8-16(12-19-10-13)14-6-7-14/h3-5,8-10,12,14H,6-7,11H2,1-2H3,(H,20,22). The topological polar surface area (TPSA) is 45.2 Å². The molecule has 1 aromatic carbocycles. The first-order valence-electron chi connectivity index (χ1n) is 7.63. The summed E-state index contributed by atoms with van der Waals surface area (Å²) in [5, 5.41) is 2.97. The highest BCUT2D eigenvalue weighted by molar-refractivity contribution is 5.95. The Hall–Kier alpha value is -2.36. The maximum atomic E-state index is 12.3. The molecule has 114 valence electrons. The van der Waals surface area contributed by atoms with Gasteiger partial charge in [-0.3, -0.25) is 9.78 Å². The van der Waals surface area contributed by atoms with Crippen molar-refractivity contribution in [3.05, 3.63) is 59.4 Å². The molecule has 1 amide bonds. The van der Waals surface area contributed by atoms with E-state index in [1.54, 1.807) is 0 Å². The van der Waals surface area contributed by atoms with E-state index < -0.39 is 0 Å². The maximum absolute atomic E-state index is 12.3. The van der Waals surface area contributed by atoms with Crippen molar-refractivity contribution < 1.29 is 4.79 Å². The van der Waals surface area contributed by atoms with Gasteiger partial charge in [-0.1, -0.05) is 12.1 Å². The lowest BCUT2D eigenvalue weighted by Gasteiger charge is -2.13. The minimum Gasteiger partial charge on any atom is -0.378 e. The second kappa shape index (κ2) is 6.18. The Morgan fingerprint density at radius 1 is 1.27 bits per heavy atom. The number of aromatic nitrogens is 1. The van der Waals surface area contributed by atoms with E-state index >= 15 is 0 Å². The number of hydrogen-bond donors (Lipinski definition) is 1. The molecule has 0 spiro atoms. The van der Waals surface area contributed by atoms with E-state index in [4.69, 9.17) is 0 Å². The van der Waals surface area contributed by atoms with Gasteiger partial charge in [-0.05, 0) is 48.1 Å². The van der Waals surface area contributed by atoms with Gasteiger partial charge in [0.1, 0.15) is 0 Å². The summed E-state index contributed by atoms with van der Waals surface area (Å²) >= 11 is 0. The van der Waals surface area contributed by atoms with E-state index in [9.17, 15) is 4.79 Å². The third-order valence-corrected chi connectivity index (χ3v) is 3.94. The van der Waals surface area contributed by atoms with Crippen molar-refractivity contribution in [2.24, 2.45) is 0 Å². The molecule has 0 radical (unpaired) electrons. The molecule has 1 aromatic heterocycles. The normalized spacial score (nSPS) is 13.7. The van der Waals surface area contributed by atoms with Crippen molar-refractivity contribution in [2.75, 3.05) is 19.0 Å². The molecule has 2 aromatic rings. The number of nitrogens with one attached hydrogen (secondary N) is 1. The third-order valence-electron chi connectivity index (χ3n) is 3.94. The van der Waals surface area contributed by atoms with Crippen LogP contribution >= 0.6 is 0 Å². The van der Waals surface area contributed by atoms with Crippen LogP contribution in [0.15, 0.2) is 42.7 Å². The van der Waals surface area contributed by atoms with Crippen molar-refractivity contribution in [3.8, 4) is 0 Å². The summed E-state index contributed by atoms with van der Waals surface area (Å²) in [6.07, 6.45) is 6.27. The average Bonchev–Trinajstić information content (AvgIpc) is 3.38. The van der Waals surface area contributed by atoms with Crippen molar-refractivity contribution in [1.29, 1.82) is 0 Å². The molecule has 22 heavy (non-hydrogen) atoms. The lowest BCUT2D eigenvalue weighted by Crippen LogP contribution is -2.23. The molecule has 0 bridgehead atoms. The number of benzene rings is 1. The molecule has 0 saturated heterocycles. The van der Waals surface area contributed by atoms with E-state index in [-0.39, 0.29) is 5.91 Å². The molecule has 4 nitrogen and oxygen atoms in total. The molecule has 0 aliphatic heterocycles. The highest BCUT2D eigenvalue weighted by Gasteiger charge is 2.23. The second-order valence-corrected chi connectivity index (χ2v) is 6.03. The fraction of sp³-hybridized carbons (Fsp3) is 0.333. The van der Waals surface area contributed by atoms with Gasteiger partial charge in [-0.25, -0.2) is 0 Å². The Kier molecular flexibility index (Phi) is 4.09. The molecule has 1 saturated carbocycles. The van der Waals surface area contributed by atoms with Gasteiger partial charge in [0, 0.05) is 44.3 Å². The van der Waals surface area contributed by atoms with Crippen LogP contribution in [0.1, 0.15) is 40.2 Å². The fourth-order valence-electron chi connectivity index (χ4n) is 2.45. The van der Waals surface area contributed by atoms with Crippen LogP contribution < -0.4 is 10.2 Å². The Morgan fingerprint density at radius 3 is 2.82 bits per heavy atom. The average molecular weight is 295 g/mol. The lowest BCUT2D eigenvalue weighted by atomic mass is 10.1. The van der Waals surface area contributed by atoms with E-state index in [1.807, 2.05) is 55.7 Å². The monoisotopic (exact) mass is 295 g/mol. The van der Waals surface area contributed by atoms with Gasteiger partial charge in [0.2, 0.25) is 0 Å². The van der Waals surface area contributed by atoms with Crippen LogP contribution in [-0.4, -0.2) is 25.0 Å². The smallest absolute Gasteiger partial charge is 0.251 e. The molecule has 0 unspecified atom stereocenters. The molecule has 1 aliphatic rings. The number of carbonyl (C=O) groups is 1. The quantitative estimate of drug-likeness (QED) is 0.922. The van der Waals surface area contributed by atoms with Crippen LogP contribution in [0.4, 0.5) is 5.69 Å². The first kappa shape index (κ1) is 14.6. The summed E-state index contributed by atoms with van der Waals surface area (Å²) in [5.41, 5.74) is 4.05. The summed E-state index contributed by atoms with van der Waals surface area (Å²) in [4.78, 5) is 18.5. The highest BCUT2D eigenvalue weighted by atomic mass is 16.1. The van der Waals surface area contributed by atoms with Crippen LogP contribution in [0.25, 0.3) is 0 Å². The number of nitrogens with zero attached hydrogens (tertiary/aromatic N) is 2. The molecule has 1 fully saturated rings. The van der Waals surface area contributed by atoms with Crippen LogP contribution in [0.3, 0.4) is 0 Å². The number of pyridine rings is 1. The van der Waals surface area contributed by atoms with Gasteiger partial charge < -0.3 is 10.2 Å². The van der Waals surface area contributed by atoms with Crippen LogP contribution in [0, 0.1) is 0 Å². The molecule has 1 N–H and O–H groups in total. The molecule has 4 heteroatoms. The highest BCUT2D eigenvalue weighted by Crippen LogP contribution is 2.39. The SMILES string of the molecule is CN(C)c1cccc(C(=O)NCc2cncc(C3CC3)c2)c1. The van der Waals surface area contributed by atoms with E-state index in [1.165, 1.54) is 18.4 Å². The fourth-order valence-corrected chi connectivity index (χ4v) is 2.45. The van der Waals surface area contributed by atoms with Crippen molar-refractivity contribution in [2.45, 2.75) is 25.3 Å². The number of carbonyl (C=O) groups excluding carboxylic acids is 1. The predicted molar refractivity (Wildman–Crippen MR) is 88.2 cm³/mol. The van der Waals surface area contributed by atoms with E-state index in [0.29, 0.717) is 18.0 Å². The van der Waals surface area contributed by atoms with Crippen LogP contribution in [-0.2, 0) is 6.54 Å². The first-order chi connectivity index (χ1) is 10.6. The van der Waals surface area contributed by atoms with Gasteiger partial charge >= 0.3 is 0 Å². The summed E-state index contributed by atoms with van der Waals surface area (Å²) < 4.78 is 0. The van der Waals surface area contributed by atoms with Gasteiger partial charge in [-0.2, -0.15) is 0 Å². The minimum atomic E-state index is -0.0551. The van der Waals surface area contributed by atoms with E-state index in [2.05, 4.69) is 16.4 Å². The van der Waals surface area contributed by atoms with Crippen molar-refractivity contribution in [1.82, 2.24) is 10.3 Å². The lowest BCUT2D eigenvalue weighted by molar-refractivity contribution is 0.0951. The largest absolute Gasteiger partial charge is 0.378 e. The summed E-state index contributed by atoms with van der Waals surface area (Å²) in [7, 11) is 3.93. The first-order valence-corrected chi connectivity index (χ1v) is 7.63. The van der Waals surface area contributed by atoms with Gasteiger partial charge in [0.05, 0.1) is 0 Å². The Bertz CT molecular complexity index is 678. The van der Waals surface area contributed by atoms with Gasteiger partial charge in [0.15, 0.2) is 0 Å². The molecule has 1 heterocycles. The van der Waals surface area contributed by atoms with Crippen LogP contribution in [0.2, 0.25) is 0 Å². The molecule has 0 atom stereocenters.